The van der Waals surface area contributed by atoms with Crippen LogP contribution in [0.3, 0.4) is 0 Å². The summed E-state index contributed by atoms with van der Waals surface area (Å²) >= 11 is 3.42. The van der Waals surface area contributed by atoms with Crippen LogP contribution in [0.1, 0.15) is 16.1 Å². The van der Waals surface area contributed by atoms with Crippen molar-refractivity contribution in [2.75, 3.05) is 0 Å². The van der Waals surface area contributed by atoms with Crippen LogP contribution in [-0.4, -0.2) is 15.8 Å². The molecule has 0 radical (unpaired) electrons. The quantitative estimate of drug-likeness (QED) is 0.736. The molecule has 4 heteroatoms. The highest BCUT2D eigenvalue weighted by Gasteiger charge is 2.14. The van der Waals surface area contributed by atoms with Gasteiger partial charge in [-0.1, -0.05) is 22.0 Å². The summed E-state index contributed by atoms with van der Waals surface area (Å²) in [5.41, 5.74) is 2.04. The molecule has 0 fully saturated rings. The molecule has 0 atom stereocenters. The van der Waals surface area contributed by atoms with E-state index < -0.39 is 0 Å². The molecule has 88 valence electrons. The average molecular weight is 301 g/mol. The monoisotopic (exact) mass is 300 g/mol. The lowest BCUT2D eigenvalue weighted by Gasteiger charge is -1.98. The number of carbonyl (C=O) groups excluding carboxylic acids is 1. The number of rotatable bonds is 2. The van der Waals surface area contributed by atoms with Gasteiger partial charge in [0.2, 0.25) is 5.78 Å². The van der Waals surface area contributed by atoms with Gasteiger partial charge in [-0.05, 0) is 30.3 Å². The molecule has 2 heterocycles. The van der Waals surface area contributed by atoms with Crippen molar-refractivity contribution in [2.24, 2.45) is 0 Å². The Balaban J connectivity index is 2.15. The van der Waals surface area contributed by atoms with Gasteiger partial charge in [0.25, 0.3) is 0 Å². The van der Waals surface area contributed by atoms with Gasteiger partial charge in [0.15, 0.2) is 0 Å². The van der Waals surface area contributed by atoms with E-state index in [0.717, 1.165) is 15.4 Å². The van der Waals surface area contributed by atoms with E-state index in [4.69, 9.17) is 0 Å². The molecule has 0 saturated carbocycles. The van der Waals surface area contributed by atoms with E-state index in [1.165, 1.54) is 0 Å². The molecule has 0 aliphatic rings. The summed E-state index contributed by atoms with van der Waals surface area (Å²) in [4.78, 5) is 19.5. The van der Waals surface area contributed by atoms with Crippen LogP contribution in [0.5, 0.6) is 0 Å². The topological polar surface area (TPSA) is 45.8 Å². The summed E-state index contributed by atoms with van der Waals surface area (Å²) in [5.74, 6) is -0.0695. The third kappa shape index (κ3) is 1.84. The van der Waals surface area contributed by atoms with Crippen LogP contribution in [0.4, 0.5) is 0 Å². The number of benzene rings is 1. The maximum absolute atomic E-state index is 12.3. The lowest BCUT2D eigenvalue weighted by molar-refractivity contribution is 0.103. The zero-order valence-electron chi connectivity index (χ0n) is 9.35. The first kappa shape index (κ1) is 11.2. The molecule has 0 saturated heterocycles. The smallest absolute Gasteiger partial charge is 0.213 e. The van der Waals surface area contributed by atoms with Crippen LogP contribution in [0.15, 0.2) is 53.3 Å². The number of hydrogen-bond acceptors (Lipinski definition) is 2. The van der Waals surface area contributed by atoms with Crippen LogP contribution in [0, 0.1) is 0 Å². The van der Waals surface area contributed by atoms with Crippen molar-refractivity contribution < 1.29 is 4.79 Å². The molecule has 0 unspecified atom stereocenters. The average Bonchev–Trinajstić information content (AvgIpc) is 2.82. The van der Waals surface area contributed by atoms with Crippen molar-refractivity contribution >= 4 is 32.6 Å². The maximum atomic E-state index is 12.3. The van der Waals surface area contributed by atoms with Crippen molar-refractivity contribution in [3.63, 3.8) is 0 Å². The standard InChI is InChI=1S/C14H9BrN2O/c15-9-4-5-12-10(7-9)11(8-17-12)14(18)13-3-1-2-6-16-13/h1-8,17H. The molecule has 0 spiro atoms. The van der Waals surface area contributed by atoms with Gasteiger partial charge in [-0.2, -0.15) is 0 Å². The van der Waals surface area contributed by atoms with E-state index in [1.807, 2.05) is 24.3 Å². The maximum Gasteiger partial charge on any atom is 0.213 e. The van der Waals surface area contributed by atoms with Gasteiger partial charge in [0, 0.05) is 33.3 Å². The van der Waals surface area contributed by atoms with E-state index in [1.54, 1.807) is 24.5 Å². The third-order valence-electron chi connectivity index (χ3n) is 2.79. The highest BCUT2D eigenvalue weighted by Crippen LogP contribution is 2.24. The van der Waals surface area contributed by atoms with E-state index in [9.17, 15) is 4.79 Å². The highest BCUT2D eigenvalue weighted by molar-refractivity contribution is 9.10. The van der Waals surface area contributed by atoms with Crippen LogP contribution < -0.4 is 0 Å². The Morgan fingerprint density at radius 1 is 1.22 bits per heavy atom. The predicted molar refractivity (Wildman–Crippen MR) is 73.7 cm³/mol. The van der Waals surface area contributed by atoms with Crippen molar-refractivity contribution in [1.29, 1.82) is 0 Å². The molecular formula is C14H9BrN2O. The van der Waals surface area contributed by atoms with Gasteiger partial charge in [-0.15, -0.1) is 0 Å². The Bertz CT molecular complexity index is 719. The minimum Gasteiger partial charge on any atom is -0.360 e. The number of nitrogens with one attached hydrogen (secondary N) is 1. The van der Waals surface area contributed by atoms with Gasteiger partial charge >= 0.3 is 0 Å². The molecule has 1 aromatic carbocycles. The number of nitrogens with zero attached hydrogens (tertiary/aromatic N) is 1. The number of aromatic nitrogens is 2. The first-order valence-corrected chi connectivity index (χ1v) is 6.27. The lowest BCUT2D eigenvalue weighted by atomic mass is 10.1. The summed E-state index contributed by atoms with van der Waals surface area (Å²) in [6, 6.07) is 11.1. The first-order chi connectivity index (χ1) is 8.75. The van der Waals surface area contributed by atoms with Crippen LogP contribution in [-0.2, 0) is 0 Å². The minimum atomic E-state index is -0.0695. The normalized spacial score (nSPS) is 10.7. The number of ketones is 1. The highest BCUT2D eigenvalue weighted by atomic mass is 79.9. The third-order valence-corrected chi connectivity index (χ3v) is 3.28. The molecule has 3 rings (SSSR count). The molecule has 0 aliphatic heterocycles. The number of pyridine rings is 1. The molecule has 3 aromatic rings. The summed E-state index contributed by atoms with van der Waals surface area (Å²) in [7, 11) is 0. The van der Waals surface area contributed by atoms with Crippen molar-refractivity contribution in [3.8, 4) is 0 Å². The zero-order chi connectivity index (χ0) is 12.5. The molecule has 0 aliphatic carbocycles. The molecular weight excluding hydrogens is 292 g/mol. The molecule has 0 amide bonds. The van der Waals surface area contributed by atoms with Crippen LogP contribution >= 0.6 is 15.9 Å². The first-order valence-electron chi connectivity index (χ1n) is 5.48. The summed E-state index contributed by atoms with van der Waals surface area (Å²) in [6.45, 7) is 0. The lowest BCUT2D eigenvalue weighted by Crippen LogP contribution is -2.02. The fourth-order valence-electron chi connectivity index (χ4n) is 1.92. The molecule has 18 heavy (non-hydrogen) atoms. The molecule has 3 nitrogen and oxygen atoms in total. The van der Waals surface area contributed by atoms with Gasteiger partial charge in [0.05, 0.1) is 0 Å². The van der Waals surface area contributed by atoms with Gasteiger partial charge in [-0.25, -0.2) is 0 Å². The number of halogens is 1. The Morgan fingerprint density at radius 2 is 2.11 bits per heavy atom. The van der Waals surface area contributed by atoms with E-state index in [-0.39, 0.29) is 5.78 Å². The van der Waals surface area contributed by atoms with Gasteiger partial charge in [-0.3, -0.25) is 9.78 Å². The summed E-state index contributed by atoms with van der Waals surface area (Å²) < 4.78 is 0.949. The predicted octanol–water partition coefficient (Wildman–Crippen LogP) is 3.56. The van der Waals surface area contributed by atoms with E-state index in [0.29, 0.717) is 11.3 Å². The number of H-pyrrole nitrogens is 1. The largest absolute Gasteiger partial charge is 0.360 e. The molecule has 2 aromatic heterocycles. The van der Waals surface area contributed by atoms with Crippen molar-refractivity contribution in [3.05, 3.63) is 64.5 Å². The molecule has 1 N–H and O–H groups in total. The number of aromatic amines is 1. The second-order valence-corrected chi connectivity index (χ2v) is 4.85. The molecule has 0 bridgehead atoms. The SMILES string of the molecule is O=C(c1ccccn1)c1c[nH]c2ccc(Br)cc12. The van der Waals surface area contributed by atoms with Gasteiger partial charge < -0.3 is 4.98 Å². The number of carbonyl (C=O) groups is 1. The minimum absolute atomic E-state index is 0.0695. The summed E-state index contributed by atoms with van der Waals surface area (Å²) in [5, 5.41) is 0.903. The second kappa shape index (κ2) is 4.38. The zero-order valence-corrected chi connectivity index (χ0v) is 10.9. The van der Waals surface area contributed by atoms with Crippen molar-refractivity contribution in [1.82, 2.24) is 9.97 Å². The van der Waals surface area contributed by atoms with Crippen LogP contribution in [0.25, 0.3) is 10.9 Å². The summed E-state index contributed by atoms with van der Waals surface area (Å²) in [6.07, 6.45) is 3.35. The van der Waals surface area contributed by atoms with E-state index in [2.05, 4.69) is 25.9 Å². The second-order valence-electron chi connectivity index (χ2n) is 3.94. The van der Waals surface area contributed by atoms with Gasteiger partial charge in [0.1, 0.15) is 5.69 Å². The Hall–Kier alpha value is -1.94. The number of hydrogen-bond donors (Lipinski definition) is 1. The number of fused-ring (bicyclic) bond motifs is 1. The van der Waals surface area contributed by atoms with Crippen LogP contribution in [0.2, 0.25) is 0 Å². The Labute approximate surface area is 112 Å². The fraction of sp³-hybridized carbons (Fsp3) is 0. The fourth-order valence-corrected chi connectivity index (χ4v) is 2.28. The van der Waals surface area contributed by atoms with E-state index >= 15 is 0 Å². The Morgan fingerprint density at radius 3 is 2.89 bits per heavy atom. The Kier molecular flexibility index (Phi) is 2.72. The van der Waals surface area contributed by atoms with Crippen molar-refractivity contribution in [2.45, 2.75) is 0 Å².